The van der Waals surface area contributed by atoms with Crippen molar-refractivity contribution < 1.29 is 23.9 Å². The zero-order valence-corrected chi connectivity index (χ0v) is 12.4. The third kappa shape index (κ3) is 3.53. The minimum absolute atomic E-state index is 0.0568. The number of carbonyl (C=O) groups excluding carboxylic acids is 3. The number of para-hydroxylation sites is 2. The lowest BCUT2D eigenvalue weighted by Crippen LogP contribution is -2.42. The summed E-state index contributed by atoms with van der Waals surface area (Å²) < 4.78 is 11.4. The van der Waals surface area contributed by atoms with Gasteiger partial charge in [-0.05, 0) is 12.1 Å². The Labute approximate surface area is 132 Å². The Bertz CT molecular complexity index is 617. The van der Waals surface area contributed by atoms with Gasteiger partial charge < -0.3 is 20.1 Å². The molecule has 0 spiro atoms. The van der Waals surface area contributed by atoms with Crippen LogP contribution in [0.2, 0.25) is 0 Å². The molecule has 23 heavy (non-hydrogen) atoms. The summed E-state index contributed by atoms with van der Waals surface area (Å²) in [6, 6.07) is 6.87. The minimum Gasteiger partial charge on any atom is -0.486 e. The van der Waals surface area contributed by atoms with Crippen LogP contribution < -0.4 is 20.1 Å². The number of hydrogen-bond donors (Lipinski definition) is 2. The molecule has 2 aliphatic rings. The maximum Gasteiger partial charge on any atom is 0.325 e. The predicted molar refractivity (Wildman–Crippen MR) is 79.1 cm³/mol. The molecule has 0 bridgehead atoms. The van der Waals surface area contributed by atoms with Crippen LogP contribution in [0.5, 0.6) is 11.5 Å². The summed E-state index contributed by atoms with van der Waals surface area (Å²) in [5.41, 5.74) is 0. The summed E-state index contributed by atoms with van der Waals surface area (Å²) in [6.45, 7) is 0.465. The number of fused-ring (bicyclic) bond motifs is 1. The van der Waals surface area contributed by atoms with Gasteiger partial charge in [-0.25, -0.2) is 4.79 Å². The predicted octanol–water partition coefficient (Wildman–Crippen LogP) is -0.115. The largest absolute Gasteiger partial charge is 0.486 e. The van der Waals surface area contributed by atoms with E-state index in [0.29, 0.717) is 31.1 Å². The molecule has 1 aromatic carbocycles. The van der Waals surface area contributed by atoms with Gasteiger partial charge in [0.15, 0.2) is 11.5 Å². The third-order valence-corrected chi connectivity index (χ3v) is 3.59. The van der Waals surface area contributed by atoms with E-state index in [2.05, 4.69) is 10.6 Å². The molecule has 1 fully saturated rings. The van der Waals surface area contributed by atoms with E-state index in [1.54, 1.807) is 0 Å². The molecule has 0 radical (unpaired) electrons. The van der Waals surface area contributed by atoms with Crippen LogP contribution in [0.25, 0.3) is 0 Å². The van der Waals surface area contributed by atoms with E-state index in [-0.39, 0.29) is 25.1 Å². The zero-order chi connectivity index (χ0) is 16.2. The van der Waals surface area contributed by atoms with Crippen molar-refractivity contribution in [1.29, 1.82) is 0 Å². The average molecular weight is 319 g/mol. The summed E-state index contributed by atoms with van der Waals surface area (Å²) in [7, 11) is 0. The van der Waals surface area contributed by atoms with Crippen LogP contribution in [0.1, 0.15) is 6.42 Å². The number of amides is 4. The first-order valence-corrected chi connectivity index (χ1v) is 7.37. The Morgan fingerprint density at radius 1 is 1.30 bits per heavy atom. The van der Waals surface area contributed by atoms with Gasteiger partial charge in [0, 0.05) is 13.0 Å². The molecule has 1 aromatic rings. The third-order valence-electron chi connectivity index (χ3n) is 3.59. The molecule has 2 N–H and O–H groups in total. The minimum atomic E-state index is -0.536. The van der Waals surface area contributed by atoms with Gasteiger partial charge in [0.05, 0.1) is 6.54 Å². The molecule has 3 rings (SSSR count). The number of imide groups is 1. The smallest absolute Gasteiger partial charge is 0.325 e. The molecule has 1 unspecified atom stereocenters. The van der Waals surface area contributed by atoms with Gasteiger partial charge in [-0.15, -0.1) is 0 Å². The van der Waals surface area contributed by atoms with E-state index >= 15 is 0 Å². The number of carbonyl (C=O) groups is 3. The van der Waals surface area contributed by atoms with Crippen LogP contribution in [0, 0.1) is 0 Å². The van der Waals surface area contributed by atoms with Crippen molar-refractivity contribution in [3.8, 4) is 11.5 Å². The van der Waals surface area contributed by atoms with E-state index in [4.69, 9.17) is 9.47 Å². The molecular weight excluding hydrogens is 302 g/mol. The standard InChI is InChI=1S/C15H17N3O5/c19-13(8-18-14(20)7-17-15(18)21)16-6-5-10-9-22-11-3-1-2-4-12(11)23-10/h1-4,10H,5-9H2,(H,16,19)(H,17,21). The number of nitrogens with zero attached hydrogens (tertiary/aromatic N) is 1. The summed E-state index contributed by atoms with van der Waals surface area (Å²) in [5, 5.41) is 5.04. The summed E-state index contributed by atoms with van der Waals surface area (Å²) in [5.74, 6) is 0.624. The van der Waals surface area contributed by atoms with Crippen molar-refractivity contribution in [2.45, 2.75) is 12.5 Å². The van der Waals surface area contributed by atoms with Gasteiger partial charge in [0.2, 0.25) is 5.91 Å². The molecule has 0 aromatic heterocycles. The van der Waals surface area contributed by atoms with Crippen molar-refractivity contribution >= 4 is 17.8 Å². The lowest BCUT2D eigenvalue weighted by Gasteiger charge is -2.26. The highest BCUT2D eigenvalue weighted by molar-refractivity contribution is 6.04. The van der Waals surface area contributed by atoms with E-state index in [1.807, 2.05) is 24.3 Å². The number of benzene rings is 1. The fourth-order valence-electron chi connectivity index (χ4n) is 2.39. The van der Waals surface area contributed by atoms with Crippen LogP contribution in [-0.2, 0) is 9.59 Å². The van der Waals surface area contributed by atoms with Crippen molar-refractivity contribution in [1.82, 2.24) is 15.5 Å². The van der Waals surface area contributed by atoms with Crippen molar-refractivity contribution in [2.24, 2.45) is 0 Å². The Morgan fingerprint density at radius 2 is 2.09 bits per heavy atom. The lowest BCUT2D eigenvalue weighted by atomic mass is 10.2. The fourth-order valence-corrected chi connectivity index (χ4v) is 2.39. The second-order valence-electron chi connectivity index (χ2n) is 5.27. The second kappa shape index (κ2) is 6.55. The lowest BCUT2D eigenvalue weighted by molar-refractivity contribution is -0.130. The highest BCUT2D eigenvalue weighted by atomic mass is 16.6. The molecule has 2 aliphatic heterocycles. The molecule has 0 saturated carbocycles. The maximum absolute atomic E-state index is 11.8. The molecule has 4 amide bonds. The van der Waals surface area contributed by atoms with Gasteiger partial charge in [-0.3, -0.25) is 14.5 Å². The monoisotopic (exact) mass is 319 g/mol. The first-order chi connectivity index (χ1) is 11.1. The molecule has 2 heterocycles. The van der Waals surface area contributed by atoms with E-state index in [0.717, 1.165) is 4.90 Å². The molecular formula is C15H17N3O5. The first-order valence-electron chi connectivity index (χ1n) is 7.37. The van der Waals surface area contributed by atoms with Crippen LogP contribution in [0.15, 0.2) is 24.3 Å². The Balaban J connectivity index is 1.41. The van der Waals surface area contributed by atoms with Crippen LogP contribution in [-0.4, -0.2) is 55.1 Å². The molecule has 122 valence electrons. The Morgan fingerprint density at radius 3 is 2.83 bits per heavy atom. The Kier molecular flexibility index (Phi) is 4.31. The summed E-state index contributed by atoms with van der Waals surface area (Å²) in [6.07, 6.45) is 0.419. The zero-order valence-electron chi connectivity index (χ0n) is 12.4. The molecule has 8 heteroatoms. The van der Waals surface area contributed by atoms with Gasteiger partial charge in [0.1, 0.15) is 19.3 Å². The fraction of sp³-hybridized carbons (Fsp3) is 0.400. The van der Waals surface area contributed by atoms with Crippen molar-refractivity contribution in [3.05, 3.63) is 24.3 Å². The van der Waals surface area contributed by atoms with E-state index in [9.17, 15) is 14.4 Å². The van der Waals surface area contributed by atoms with Gasteiger partial charge >= 0.3 is 6.03 Å². The van der Waals surface area contributed by atoms with Gasteiger partial charge in [-0.1, -0.05) is 12.1 Å². The molecule has 1 atom stereocenters. The second-order valence-corrected chi connectivity index (χ2v) is 5.27. The topological polar surface area (TPSA) is 97.0 Å². The van der Waals surface area contributed by atoms with Crippen LogP contribution in [0.3, 0.4) is 0 Å². The quantitative estimate of drug-likeness (QED) is 0.738. The molecule has 0 aliphatic carbocycles. The van der Waals surface area contributed by atoms with Gasteiger partial charge in [0.25, 0.3) is 5.91 Å². The number of nitrogens with one attached hydrogen (secondary N) is 2. The normalized spacial score (nSPS) is 19.5. The maximum atomic E-state index is 11.8. The van der Waals surface area contributed by atoms with Gasteiger partial charge in [-0.2, -0.15) is 0 Å². The number of hydrogen-bond acceptors (Lipinski definition) is 5. The molecule has 1 saturated heterocycles. The first kappa shape index (κ1) is 15.1. The average Bonchev–Trinajstić information content (AvgIpc) is 2.87. The van der Waals surface area contributed by atoms with Crippen molar-refractivity contribution in [2.75, 3.05) is 26.2 Å². The summed E-state index contributed by atoms with van der Waals surface area (Å²) in [4.78, 5) is 35.4. The highest BCUT2D eigenvalue weighted by Crippen LogP contribution is 2.31. The number of urea groups is 1. The Hall–Kier alpha value is -2.77. The SMILES string of the molecule is O=C(CN1C(=O)CNC1=O)NCCC1COc2ccccc2O1. The van der Waals surface area contributed by atoms with Crippen LogP contribution >= 0.6 is 0 Å². The van der Waals surface area contributed by atoms with E-state index in [1.165, 1.54) is 0 Å². The number of ether oxygens (including phenoxy) is 2. The number of rotatable bonds is 5. The summed E-state index contributed by atoms with van der Waals surface area (Å²) >= 11 is 0. The highest BCUT2D eigenvalue weighted by Gasteiger charge is 2.30. The molecule has 8 nitrogen and oxygen atoms in total. The van der Waals surface area contributed by atoms with E-state index < -0.39 is 11.9 Å². The van der Waals surface area contributed by atoms with Crippen molar-refractivity contribution in [3.63, 3.8) is 0 Å². The van der Waals surface area contributed by atoms with Crippen LogP contribution in [0.4, 0.5) is 4.79 Å².